The maximum absolute atomic E-state index is 11.8. The standard InChI is InChI=1S/C11H19N3O/c1-5-8(2)13-11(15)10(4)14-9(3)6-7-12-14/h6-8,10H,5H2,1-4H3,(H,13,15). The van der Waals surface area contributed by atoms with Crippen LogP contribution in [-0.4, -0.2) is 21.7 Å². The lowest BCUT2D eigenvalue weighted by Gasteiger charge is -2.17. The molecule has 1 N–H and O–H groups in total. The Hall–Kier alpha value is -1.32. The van der Waals surface area contributed by atoms with Crippen molar-refractivity contribution in [1.82, 2.24) is 15.1 Å². The Morgan fingerprint density at radius 2 is 2.27 bits per heavy atom. The van der Waals surface area contributed by atoms with Gasteiger partial charge < -0.3 is 5.32 Å². The molecule has 4 heteroatoms. The van der Waals surface area contributed by atoms with E-state index in [2.05, 4.69) is 17.3 Å². The minimum Gasteiger partial charge on any atom is -0.352 e. The first-order chi connectivity index (χ1) is 7.06. The highest BCUT2D eigenvalue weighted by molar-refractivity contribution is 5.80. The summed E-state index contributed by atoms with van der Waals surface area (Å²) in [6, 6.07) is 1.87. The molecule has 1 heterocycles. The van der Waals surface area contributed by atoms with Gasteiger partial charge in [-0.05, 0) is 33.3 Å². The van der Waals surface area contributed by atoms with Crippen molar-refractivity contribution >= 4 is 5.91 Å². The molecule has 2 unspecified atom stereocenters. The molecule has 0 aliphatic heterocycles. The smallest absolute Gasteiger partial charge is 0.244 e. The van der Waals surface area contributed by atoms with Crippen molar-refractivity contribution in [2.24, 2.45) is 0 Å². The van der Waals surface area contributed by atoms with Crippen LogP contribution in [-0.2, 0) is 4.79 Å². The molecule has 0 saturated carbocycles. The molecule has 0 radical (unpaired) electrons. The number of carbonyl (C=O) groups excluding carboxylic acids is 1. The largest absolute Gasteiger partial charge is 0.352 e. The van der Waals surface area contributed by atoms with Crippen molar-refractivity contribution in [3.05, 3.63) is 18.0 Å². The van der Waals surface area contributed by atoms with Gasteiger partial charge in [0.15, 0.2) is 0 Å². The molecule has 0 spiro atoms. The highest BCUT2D eigenvalue weighted by Crippen LogP contribution is 2.08. The van der Waals surface area contributed by atoms with E-state index in [4.69, 9.17) is 0 Å². The Morgan fingerprint density at radius 1 is 1.60 bits per heavy atom. The van der Waals surface area contributed by atoms with Gasteiger partial charge in [-0.3, -0.25) is 9.48 Å². The van der Waals surface area contributed by atoms with Crippen LogP contribution in [0.2, 0.25) is 0 Å². The summed E-state index contributed by atoms with van der Waals surface area (Å²) in [6.45, 7) is 7.85. The summed E-state index contributed by atoms with van der Waals surface area (Å²) in [5, 5.41) is 7.07. The third kappa shape index (κ3) is 2.81. The first-order valence-corrected chi connectivity index (χ1v) is 5.36. The number of amides is 1. The van der Waals surface area contributed by atoms with E-state index in [9.17, 15) is 4.79 Å². The molecule has 0 aliphatic carbocycles. The lowest BCUT2D eigenvalue weighted by molar-refractivity contribution is -0.124. The van der Waals surface area contributed by atoms with Gasteiger partial charge in [0.25, 0.3) is 0 Å². The quantitative estimate of drug-likeness (QED) is 0.820. The van der Waals surface area contributed by atoms with Gasteiger partial charge in [-0.25, -0.2) is 0 Å². The molecule has 1 amide bonds. The molecule has 1 aromatic heterocycles. The number of hydrogen-bond donors (Lipinski definition) is 1. The molecule has 4 nitrogen and oxygen atoms in total. The molecule has 0 aliphatic rings. The first-order valence-electron chi connectivity index (χ1n) is 5.36. The van der Waals surface area contributed by atoms with Gasteiger partial charge in [0.05, 0.1) is 0 Å². The van der Waals surface area contributed by atoms with Crippen LogP contribution in [0.5, 0.6) is 0 Å². The second-order valence-corrected chi connectivity index (χ2v) is 3.91. The Bertz CT molecular complexity index is 332. The van der Waals surface area contributed by atoms with Crippen molar-refractivity contribution in [2.75, 3.05) is 0 Å². The van der Waals surface area contributed by atoms with E-state index in [1.807, 2.05) is 26.8 Å². The summed E-state index contributed by atoms with van der Waals surface area (Å²) < 4.78 is 1.73. The Balaban J connectivity index is 2.65. The number of nitrogens with zero attached hydrogens (tertiary/aromatic N) is 2. The minimum atomic E-state index is -0.242. The van der Waals surface area contributed by atoms with E-state index >= 15 is 0 Å². The predicted octanol–water partition coefficient (Wildman–Crippen LogP) is 1.67. The molecular weight excluding hydrogens is 190 g/mol. The molecule has 0 fully saturated rings. The fourth-order valence-corrected chi connectivity index (χ4v) is 1.36. The highest BCUT2D eigenvalue weighted by atomic mass is 16.2. The van der Waals surface area contributed by atoms with Crippen molar-refractivity contribution < 1.29 is 4.79 Å². The SMILES string of the molecule is CCC(C)NC(=O)C(C)n1nccc1C. The van der Waals surface area contributed by atoms with Crippen molar-refractivity contribution in [3.63, 3.8) is 0 Å². The van der Waals surface area contributed by atoms with Crippen molar-refractivity contribution in [2.45, 2.75) is 46.2 Å². The maximum atomic E-state index is 11.8. The fourth-order valence-electron chi connectivity index (χ4n) is 1.36. The van der Waals surface area contributed by atoms with E-state index in [-0.39, 0.29) is 18.0 Å². The average molecular weight is 209 g/mol. The maximum Gasteiger partial charge on any atom is 0.244 e. The topological polar surface area (TPSA) is 46.9 Å². The van der Waals surface area contributed by atoms with Crippen LogP contribution in [0.1, 0.15) is 38.9 Å². The molecule has 0 aromatic carbocycles. The number of hydrogen-bond acceptors (Lipinski definition) is 2. The lowest BCUT2D eigenvalue weighted by Crippen LogP contribution is -2.37. The van der Waals surface area contributed by atoms with Crippen LogP contribution in [0.15, 0.2) is 12.3 Å². The van der Waals surface area contributed by atoms with Gasteiger partial charge in [0.2, 0.25) is 5.91 Å². The Kier molecular flexibility index (Phi) is 3.88. The first kappa shape index (κ1) is 11.8. The van der Waals surface area contributed by atoms with Crippen LogP contribution in [0.25, 0.3) is 0 Å². The summed E-state index contributed by atoms with van der Waals surface area (Å²) >= 11 is 0. The zero-order valence-electron chi connectivity index (χ0n) is 9.82. The molecule has 0 bridgehead atoms. The number of carbonyl (C=O) groups is 1. The molecule has 1 aromatic rings. The van der Waals surface area contributed by atoms with Crippen LogP contribution in [0.4, 0.5) is 0 Å². The molecule has 15 heavy (non-hydrogen) atoms. The monoisotopic (exact) mass is 209 g/mol. The van der Waals surface area contributed by atoms with E-state index in [1.165, 1.54) is 0 Å². The van der Waals surface area contributed by atoms with Gasteiger partial charge >= 0.3 is 0 Å². The van der Waals surface area contributed by atoms with Gasteiger partial charge in [-0.2, -0.15) is 5.10 Å². The molecule has 0 saturated heterocycles. The lowest BCUT2D eigenvalue weighted by atomic mass is 10.2. The number of aromatic nitrogens is 2. The Morgan fingerprint density at radius 3 is 2.73 bits per heavy atom. The molecule has 1 rings (SSSR count). The summed E-state index contributed by atoms with van der Waals surface area (Å²) in [4.78, 5) is 11.8. The zero-order valence-corrected chi connectivity index (χ0v) is 9.82. The van der Waals surface area contributed by atoms with Crippen molar-refractivity contribution in [3.8, 4) is 0 Å². The van der Waals surface area contributed by atoms with E-state index in [1.54, 1.807) is 10.9 Å². The zero-order chi connectivity index (χ0) is 11.4. The van der Waals surface area contributed by atoms with Crippen LogP contribution >= 0.6 is 0 Å². The van der Waals surface area contributed by atoms with Crippen LogP contribution in [0, 0.1) is 6.92 Å². The van der Waals surface area contributed by atoms with Gasteiger partial charge in [0.1, 0.15) is 6.04 Å². The second kappa shape index (κ2) is 4.96. The third-order valence-corrected chi connectivity index (χ3v) is 2.62. The second-order valence-electron chi connectivity index (χ2n) is 3.91. The molecule has 84 valence electrons. The number of aryl methyl sites for hydroxylation is 1. The van der Waals surface area contributed by atoms with E-state index in [0.717, 1.165) is 12.1 Å². The summed E-state index contributed by atoms with van der Waals surface area (Å²) in [5.74, 6) is 0.0242. The van der Waals surface area contributed by atoms with Crippen LogP contribution in [0.3, 0.4) is 0 Å². The number of rotatable bonds is 4. The third-order valence-electron chi connectivity index (χ3n) is 2.62. The fraction of sp³-hybridized carbons (Fsp3) is 0.636. The van der Waals surface area contributed by atoms with E-state index in [0.29, 0.717) is 0 Å². The summed E-state index contributed by atoms with van der Waals surface area (Å²) in [5.41, 5.74) is 1.00. The van der Waals surface area contributed by atoms with Gasteiger partial charge in [0, 0.05) is 17.9 Å². The van der Waals surface area contributed by atoms with Gasteiger partial charge in [-0.1, -0.05) is 6.92 Å². The van der Waals surface area contributed by atoms with E-state index < -0.39 is 0 Å². The molecule has 2 atom stereocenters. The normalized spacial score (nSPS) is 14.7. The number of nitrogens with one attached hydrogen (secondary N) is 1. The Labute approximate surface area is 90.7 Å². The average Bonchev–Trinajstić information content (AvgIpc) is 2.63. The minimum absolute atomic E-state index is 0.0242. The summed E-state index contributed by atoms with van der Waals surface area (Å²) in [7, 11) is 0. The van der Waals surface area contributed by atoms with Crippen LogP contribution < -0.4 is 5.32 Å². The van der Waals surface area contributed by atoms with Crippen molar-refractivity contribution in [1.29, 1.82) is 0 Å². The molecular formula is C11H19N3O. The predicted molar refractivity (Wildman–Crippen MR) is 59.6 cm³/mol. The summed E-state index contributed by atoms with van der Waals surface area (Å²) in [6.07, 6.45) is 2.65. The highest BCUT2D eigenvalue weighted by Gasteiger charge is 2.17. The van der Waals surface area contributed by atoms with Gasteiger partial charge in [-0.15, -0.1) is 0 Å².